The minimum absolute atomic E-state index is 0.244. The van der Waals surface area contributed by atoms with Crippen molar-refractivity contribution in [3.63, 3.8) is 0 Å². The first kappa shape index (κ1) is 15.4. The van der Waals surface area contributed by atoms with Crippen LogP contribution in [0.25, 0.3) is 0 Å². The van der Waals surface area contributed by atoms with Gasteiger partial charge >= 0.3 is 0 Å². The standard InChI is InChI=1S/C15H21ClN6/c1-12(15-17-18-19-20(15)2)22-8-6-21(7-9-22)11-13-4-3-5-14(16)10-13/h3-5,10,12H,6-9,11H2,1-2H3. The number of hydrogen-bond donors (Lipinski definition) is 0. The van der Waals surface area contributed by atoms with Gasteiger partial charge in [0.15, 0.2) is 5.82 Å². The van der Waals surface area contributed by atoms with Gasteiger partial charge in [0, 0.05) is 44.8 Å². The minimum Gasteiger partial charge on any atom is -0.297 e. The van der Waals surface area contributed by atoms with E-state index in [0.29, 0.717) is 0 Å². The van der Waals surface area contributed by atoms with E-state index >= 15 is 0 Å². The molecule has 1 unspecified atom stereocenters. The molecule has 1 aromatic heterocycles. The third-order valence-electron chi connectivity index (χ3n) is 4.28. The van der Waals surface area contributed by atoms with E-state index in [-0.39, 0.29) is 6.04 Å². The number of halogens is 1. The Morgan fingerprint density at radius 1 is 1.23 bits per heavy atom. The Labute approximate surface area is 135 Å². The maximum Gasteiger partial charge on any atom is 0.167 e. The SMILES string of the molecule is CC(c1nnnn1C)N1CCN(Cc2cccc(Cl)c2)CC1. The quantitative estimate of drug-likeness (QED) is 0.859. The Hall–Kier alpha value is -1.50. The molecule has 3 rings (SSSR count). The number of hydrogen-bond acceptors (Lipinski definition) is 5. The van der Waals surface area contributed by atoms with Gasteiger partial charge in [-0.3, -0.25) is 9.80 Å². The molecule has 2 aromatic rings. The van der Waals surface area contributed by atoms with Crippen LogP contribution in [0.15, 0.2) is 24.3 Å². The molecule has 1 fully saturated rings. The Balaban J connectivity index is 1.55. The van der Waals surface area contributed by atoms with Crippen LogP contribution in [-0.2, 0) is 13.6 Å². The Bertz CT molecular complexity index is 620. The molecule has 7 heteroatoms. The van der Waals surface area contributed by atoms with E-state index in [4.69, 9.17) is 11.6 Å². The van der Waals surface area contributed by atoms with Gasteiger partial charge in [-0.05, 0) is 35.0 Å². The molecule has 6 nitrogen and oxygen atoms in total. The summed E-state index contributed by atoms with van der Waals surface area (Å²) in [7, 11) is 1.89. The summed E-state index contributed by atoms with van der Waals surface area (Å²) in [5, 5.41) is 12.6. The molecule has 2 heterocycles. The van der Waals surface area contributed by atoms with Crippen molar-refractivity contribution in [1.82, 2.24) is 30.0 Å². The second kappa shape index (κ2) is 6.73. The third kappa shape index (κ3) is 3.45. The molecule has 0 spiro atoms. The lowest BCUT2D eigenvalue weighted by molar-refractivity contribution is 0.0933. The topological polar surface area (TPSA) is 50.1 Å². The first-order chi connectivity index (χ1) is 10.6. The average Bonchev–Trinajstić information content (AvgIpc) is 2.93. The van der Waals surface area contributed by atoms with E-state index in [0.717, 1.165) is 43.6 Å². The summed E-state index contributed by atoms with van der Waals surface area (Å²) in [5.74, 6) is 0.920. The summed E-state index contributed by atoms with van der Waals surface area (Å²) in [6, 6.07) is 8.35. The molecule has 22 heavy (non-hydrogen) atoms. The highest BCUT2D eigenvalue weighted by Crippen LogP contribution is 2.20. The van der Waals surface area contributed by atoms with Gasteiger partial charge in [0.25, 0.3) is 0 Å². The first-order valence-electron chi connectivity index (χ1n) is 7.56. The molecule has 1 saturated heterocycles. The van der Waals surface area contributed by atoms with Crippen LogP contribution in [0.2, 0.25) is 5.02 Å². The summed E-state index contributed by atoms with van der Waals surface area (Å²) in [6.45, 7) is 7.25. The van der Waals surface area contributed by atoms with E-state index in [1.807, 2.05) is 25.2 Å². The summed E-state index contributed by atoms with van der Waals surface area (Å²) < 4.78 is 1.75. The lowest BCUT2D eigenvalue weighted by atomic mass is 10.1. The van der Waals surface area contributed by atoms with Crippen LogP contribution >= 0.6 is 11.6 Å². The van der Waals surface area contributed by atoms with Gasteiger partial charge in [0.2, 0.25) is 0 Å². The predicted molar refractivity (Wildman–Crippen MR) is 85.5 cm³/mol. The van der Waals surface area contributed by atoms with Gasteiger partial charge in [0.05, 0.1) is 6.04 Å². The van der Waals surface area contributed by atoms with Crippen LogP contribution in [0, 0.1) is 0 Å². The van der Waals surface area contributed by atoms with E-state index in [9.17, 15) is 0 Å². The molecule has 118 valence electrons. The van der Waals surface area contributed by atoms with E-state index in [1.165, 1.54) is 5.56 Å². The number of piperazine rings is 1. The molecule has 0 saturated carbocycles. The van der Waals surface area contributed by atoms with Crippen molar-refractivity contribution in [1.29, 1.82) is 0 Å². The van der Waals surface area contributed by atoms with E-state index < -0.39 is 0 Å². The summed E-state index contributed by atoms with van der Waals surface area (Å²) >= 11 is 6.05. The fourth-order valence-electron chi connectivity index (χ4n) is 2.96. The molecule has 1 aromatic carbocycles. The average molecular weight is 321 g/mol. The smallest absolute Gasteiger partial charge is 0.167 e. The van der Waals surface area contributed by atoms with Crippen molar-refractivity contribution in [2.24, 2.45) is 7.05 Å². The molecule has 0 amide bonds. The van der Waals surface area contributed by atoms with Gasteiger partial charge in [-0.25, -0.2) is 4.68 Å². The maximum absolute atomic E-state index is 6.05. The van der Waals surface area contributed by atoms with Gasteiger partial charge in [-0.2, -0.15) is 0 Å². The fourth-order valence-corrected chi connectivity index (χ4v) is 3.17. The molecule has 0 N–H and O–H groups in total. The van der Waals surface area contributed by atoms with Crippen LogP contribution < -0.4 is 0 Å². The third-order valence-corrected chi connectivity index (χ3v) is 4.51. The maximum atomic E-state index is 6.05. The summed E-state index contributed by atoms with van der Waals surface area (Å²) in [6.07, 6.45) is 0. The highest BCUT2D eigenvalue weighted by Gasteiger charge is 2.25. The Morgan fingerprint density at radius 3 is 2.64 bits per heavy atom. The summed E-state index contributed by atoms with van der Waals surface area (Å²) in [4.78, 5) is 4.89. The van der Waals surface area contributed by atoms with E-state index in [2.05, 4.69) is 38.3 Å². The second-order valence-corrected chi connectivity index (χ2v) is 6.22. The first-order valence-corrected chi connectivity index (χ1v) is 7.94. The highest BCUT2D eigenvalue weighted by atomic mass is 35.5. The number of tetrazole rings is 1. The van der Waals surface area contributed by atoms with Crippen LogP contribution in [0.4, 0.5) is 0 Å². The molecule has 1 aliphatic rings. The lowest BCUT2D eigenvalue weighted by Crippen LogP contribution is -2.47. The highest BCUT2D eigenvalue weighted by molar-refractivity contribution is 6.30. The molecule has 1 atom stereocenters. The molecule has 1 aliphatic heterocycles. The lowest BCUT2D eigenvalue weighted by Gasteiger charge is -2.37. The number of aromatic nitrogens is 4. The van der Waals surface area contributed by atoms with Crippen LogP contribution in [0.3, 0.4) is 0 Å². The zero-order chi connectivity index (χ0) is 15.5. The van der Waals surface area contributed by atoms with Gasteiger partial charge < -0.3 is 0 Å². The van der Waals surface area contributed by atoms with Crippen molar-refractivity contribution in [3.05, 3.63) is 40.7 Å². The number of rotatable bonds is 4. The van der Waals surface area contributed by atoms with Crippen molar-refractivity contribution in [3.8, 4) is 0 Å². The van der Waals surface area contributed by atoms with Crippen LogP contribution in [0.5, 0.6) is 0 Å². The number of aryl methyl sites for hydroxylation is 1. The van der Waals surface area contributed by atoms with Crippen molar-refractivity contribution in [2.75, 3.05) is 26.2 Å². The van der Waals surface area contributed by atoms with Crippen molar-refractivity contribution in [2.45, 2.75) is 19.5 Å². The van der Waals surface area contributed by atoms with Crippen molar-refractivity contribution < 1.29 is 0 Å². The van der Waals surface area contributed by atoms with Gasteiger partial charge in [-0.15, -0.1) is 5.10 Å². The number of nitrogens with zero attached hydrogens (tertiary/aromatic N) is 6. The van der Waals surface area contributed by atoms with Crippen LogP contribution in [0.1, 0.15) is 24.4 Å². The van der Waals surface area contributed by atoms with E-state index in [1.54, 1.807) is 4.68 Å². The molecular formula is C15H21ClN6. The van der Waals surface area contributed by atoms with Crippen molar-refractivity contribution >= 4 is 11.6 Å². The predicted octanol–water partition coefficient (Wildman–Crippen LogP) is 1.74. The Kier molecular flexibility index (Phi) is 4.71. The zero-order valence-corrected chi connectivity index (χ0v) is 13.7. The zero-order valence-electron chi connectivity index (χ0n) is 13.0. The van der Waals surface area contributed by atoms with Crippen LogP contribution in [-0.4, -0.2) is 56.2 Å². The molecule has 0 aliphatic carbocycles. The van der Waals surface area contributed by atoms with Gasteiger partial charge in [0.1, 0.15) is 0 Å². The monoisotopic (exact) mass is 320 g/mol. The number of benzene rings is 1. The molecule has 0 radical (unpaired) electrons. The minimum atomic E-state index is 0.244. The molecular weight excluding hydrogens is 300 g/mol. The fraction of sp³-hybridized carbons (Fsp3) is 0.533. The largest absolute Gasteiger partial charge is 0.297 e. The summed E-state index contributed by atoms with van der Waals surface area (Å²) in [5.41, 5.74) is 1.27. The van der Waals surface area contributed by atoms with Gasteiger partial charge in [-0.1, -0.05) is 23.7 Å². The normalized spacial score (nSPS) is 18.5. The molecule has 0 bridgehead atoms. The Morgan fingerprint density at radius 2 is 2.00 bits per heavy atom. The second-order valence-electron chi connectivity index (χ2n) is 5.78.